The second-order valence-corrected chi connectivity index (χ2v) is 6.71. The minimum atomic E-state index is -1.05. The van der Waals surface area contributed by atoms with E-state index in [4.69, 9.17) is 0 Å². The van der Waals surface area contributed by atoms with E-state index in [1.165, 1.54) is 4.70 Å². The molecule has 0 amide bonds. The summed E-state index contributed by atoms with van der Waals surface area (Å²) in [5, 5.41) is 21.8. The van der Waals surface area contributed by atoms with E-state index in [1.54, 1.807) is 11.3 Å². The summed E-state index contributed by atoms with van der Waals surface area (Å²) in [4.78, 5) is 0.914. The lowest BCUT2D eigenvalue weighted by atomic mass is 9.71. The van der Waals surface area contributed by atoms with Crippen molar-refractivity contribution < 1.29 is 5.11 Å². The first-order chi connectivity index (χ1) is 9.09. The summed E-state index contributed by atoms with van der Waals surface area (Å²) in [6, 6.07) is 12.6. The molecule has 2 nitrogen and oxygen atoms in total. The molecule has 0 spiro atoms. The van der Waals surface area contributed by atoms with Crippen molar-refractivity contribution in [2.45, 2.75) is 38.2 Å². The lowest BCUT2D eigenvalue weighted by Gasteiger charge is -2.36. The summed E-state index contributed by atoms with van der Waals surface area (Å²) in [7, 11) is 0. The largest absolute Gasteiger partial charge is 0.383 e. The molecule has 1 fully saturated rings. The molecule has 1 aromatic heterocycles. The molecule has 1 saturated carbocycles. The van der Waals surface area contributed by atoms with E-state index in [-0.39, 0.29) is 0 Å². The second-order valence-electron chi connectivity index (χ2n) is 5.62. The zero-order valence-corrected chi connectivity index (χ0v) is 11.8. The molecule has 1 N–H and O–H groups in total. The highest BCUT2D eigenvalue weighted by atomic mass is 32.1. The van der Waals surface area contributed by atoms with E-state index in [1.807, 2.05) is 25.1 Å². The lowest BCUT2D eigenvalue weighted by Crippen LogP contribution is -2.40. The molecule has 19 heavy (non-hydrogen) atoms. The van der Waals surface area contributed by atoms with Gasteiger partial charge in [-0.15, -0.1) is 11.3 Å². The van der Waals surface area contributed by atoms with Crippen LogP contribution in [0.2, 0.25) is 0 Å². The van der Waals surface area contributed by atoms with Gasteiger partial charge in [0.15, 0.2) is 0 Å². The number of nitrogens with zero attached hydrogens (tertiary/aromatic N) is 1. The maximum atomic E-state index is 11.0. The number of hydrogen-bond donors (Lipinski definition) is 1. The van der Waals surface area contributed by atoms with Gasteiger partial charge in [0.1, 0.15) is 5.60 Å². The number of benzene rings is 1. The van der Waals surface area contributed by atoms with Crippen LogP contribution in [0.3, 0.4) is 0 Å². The summed E-state index contributed by atoms with van der Waals surface area (Å²) >= 11 is 1.60. The molecule has 0 radical (unpaired) electrons. The van der Waals surface area contributed by atoms with E-state index in [0.29, 0.717) is 0 Å². The third-order valence-electron chi connectivity index (χ3n) is 4.51. The predicted molar refractivity (Wildman–Crippen MR) is 77.9 cm³/mol. The van der Waals surface area contributed by atoms with Gasteiger partial charge in [-0.3, -0.25) is 0 Å². The molecule has 2 aromatic rings. The molecule has 0 bridgehead atoms. The Morgan fingerprint density at radius 3 is 2.63 bits per heavy atom. The fourth-order valence-corrected chi connectivity index (χ4v) is 4.35. The van der Waals surface area contributed by atoms with E-state index in [2.05, 4.69) is 18.2 Å². The first-order valence-electron chi connectivity index (χ1n) is 6.72. The Kier molecular flexibility index (Phi) is 2.88. The standard InChI is InChI=1S/C16H17NOS/c1-15(18,16(11-17)8-4-5-9-16)14-10-12-6-2-3-7-13(12)19-14/h2-3,6-7,10,18H,4-5,8-9H2,1H3. The van der Waals surface area contributed by atoms with Gasteiger partial charge in [0.05, 0.1) is 11.5 Å². The normalized spacial score (nSPS) is 21.1. The second kappa shape index (κ2) is 4.33. The molecule has 1 unspecified atom stereocenters. The van der Waals surface area contributed by atoms with Crippen molar-refractivity contribution >= 4 is 21.4 Å². The van der Waals surface area contributed by atoms with E-state index < -0.39 is 11.0 Å². The van der Waals surface area contributed by atoms with Crippen LogP contribution in [0.5, 0.6) is 0 Å². The van der Waals surface area contributed by atoms with Crippen LogP contribution >= 0.6 is 11.3 Å². The molecule has 0 aliphatic heterocycles. The molecular formula is C16H17NOS. The molecule has 1 aliphatic rings. The van der Waals surface area contributed by atoms with Crippen LogP contribution in [0.15, 0.2) is 30.3 Å². The van der Waals surface area contributed by atoms with Crippen molar-refractivity contribution in [1.82, 2.24) is 0 Å². The fraction of sp³-hybridized carbons (Fsp3) is 0.438. The Morgan fingerprint density at radius 2 is 2.00 bits per heavy atom. The van der Waals surface area contributed by atoms with Crippen molar-refractivity contribution in [2.75, 3.05) is 0 Å². The smallest absolute Gasteiger partial charge is 0.114 e. The minimum absolute atomic E-state index is 0.617. The van der Waals surface area contributed by atoms with Gasteiger partial charge in [0.2, 0.25) is 0 Å². The highest BCUT2D eigenvalue weighted by molar-refractivity contribution is 7.19. The highest BCUT2D eigenvalue weighted by Gasteiger charge is 2.51. The SMILES string of the molecule is CC(O)(c1cc2ccccc2s1)C1(C#N)CCCC1. The number of nitriles is 1. The zero-order valence-electron chi connectivity index (χ0n) is 11.0. The number of aliphatic hydroxyl groups is 1. The quantitative estimate of drug-likeness (QED) is 0.890. The maximum Gasteiger partial charge on any atom is 0.114 e. The Hall–Kier alpha value is -1.37. The zero-order chi connectivity index (χ0) is 13.5. The van der Waals surface area contributed by atoms with E-state index in [9.17, 15) is 10.4 Å². The maximum absolute atomic E-state index is 11.0. The van der Waals surface area contributed by atoms with Crippen molar-refractivity contribution in [3.05, 3.63) is 35.2 Å². The summed E-state index contributed by atoms with van der Waals surface area (Å²) < 4.78 is 1.17. The molecule has 98 valence electrons. The average molecular weight is 271 g/mol. The molecule has 0 saturated heterocycles. The van der Waals surface area contributed by atoms with E-state index >= 15 is 0 Å². The molecule has 3 heteroatoms. The van der Waals surface area contributed by atoms with Crippen LogP contribution in [0.4, 0.5) is 0 Å². The fourth-order valence-electron chi connectivity index (χ4n) is 3.14. The number of rotatable bonds is 2. The monoisotopic (exact) mass is 271 g/mol. The van der Waals surface area contributed by atoms with Gasteiger partial charge in [-0.1, -0.05) is 31.0 Å². The van der Waals surface area contributed by atoms with Crippen LogP contribution in [0.1, 0.15) is 37.5 Å². The molecule has 1 atom stereocenters. The Balaban J connectivity index is 2.11. The Bertz CT molecular complexity index is 611. The first kappa shape index (κ1) is 12.7. The Labute approximate surface area is 117 Å². The molecule has 3 rings (SSSR count). The van der Waals surface area contributed by atoms with Crippen LogP contribution in [-0.2, 0) is 5.60 Å². The van der Waals surface area contributed by atoms with Crippen molar-refractivity contribution in [1.29, 1.82) is 5.26 Å². The van der Waals surface area contributed by atoms with E-state index in [0.717, 1.165) is 35.9 Å². The molecular weight excluding hydrogens is 254 g/mol. The molecule has 1 heterocycles. The van der Waals surface area contributed by atoms with Crippen LogP contribution in [0.25, 0.3) is 10.1 Å². The number of fused-ring (bicyclic) bond motifs is 1. The highest BCUT2D eigenvalue weighted by Crippen LogP contribution is 2.52. The van der Waals surface area contributed by atoms with Crippen LogP contribution in [0, 0.1) is 16.7 Å². The molecule has 1 aromatic carbocycles. The van der Waals surface area contributed by atoms with Gasteiger partial charge in [-0.25, -0.2) is 0 Å². The summed E-state index contributed by atoms with van der Waals surface area (Å²) in [5.74, 6) is 0. The Morgan fingerprint density at radius 1 is 1.32 bits per heavy atom. The number of thiophene rings is 1. The third kappa shape index (κ3) is 1.79. The molecule has 1 aliphatic carbocycles. The summed E-state index contributed by atoms with van der Waals surface area (Å²) in [5.41, 5.74) is -1.67. The summed E-state index contributed by atoms with van der Waals surface area (Å²) in [6.45, 7) is 1.81. The minimum Gasteiger partial charge on any atom is -0.383 e. The van der Waals surface area contributed by atoms with Crippen molar-refractivity contribution in [2.24, 2.45) is 5.41 Å². The third-order valence-corrected chi connectivity index (χ3v) is 5.84. The van der Waals surface area contributed by atoms with Gasteiger partial charge in [0.25, 0.3) is 0 Å². The van der Waals surface area contributed by atoms with Crippen LogP contribution < -0.4 is 0 Å². The average Bonchev–Trinajstić information content (AvgIpc) is 3.06. The topological polar surface area (TPSA) is 44.0 Å². The number of hydrogen-bond acceptors (Lipinski definition) is 3. The van der Waals surface area contributed by atoms with Crippen molar-refractivity contribution in [3.63, 3.8) is 0 Å². The van der Waals surface area contributed by atoms with Gasteiger partial charge in [-0.05, 0) is 37.3 Å². The predicted octanol–water partition coefficient (Wildman–Crippen LogP) is 4.19. The van der Waals surface area contributed by atoms with Gasteiger partial charge in [0, 0.05) is 9.58 Å². The van der Waals surface area contributed by atoms with Gasteiger partial charge in [-0.2, -0.15) is 5.26 Å². The summed E-state index contributed by atoms with van der Waals surface area (Å²) in [6.07, 6.45) is 3.67. The lowest BCUT2D eigenvalue weighted by molar-refractivity contribution is -0.0389. The van der Waals surface area contributed by atoms with Gasteiger partial charge >= 0.3 is 0 Å². The van der Waals surface area contributed by atoms with Gasteiger partial charge < -0.3 is 5.11 Å². The van der Waals surface area contributed by atoms with Crippen LogP contribution in [-0.4, -0.2) is 5.11 Å². The van der Waals surface area contributed by atoms with Crippen molar-refractivity contribution in [3.8, 4) is 6.07 Å². The first-order valence-corrected chi connectivity index (χ1v) is 7.53.